The minimum absolute atomic E-state index is 0.116. The maximum absolute atomic E-state index is 13.5. The normalized spacial score (nSPS) is 17.4. The fourth-order valence-electron chi connectivity index (χ4n) is 3.13. The summed E-state index contributed by atoms with van der Waals surface area (Å²) in [6.45, 7) is 0.640. The van der Waals surface area contributed by atoms with Crippen molar-refractivity contribution in [2.75, 3.05) is 6.54 Å². The van der Waals surface area contributed by atoms with Gasteiger partial charge in [-0.2, -0.15) is 0 Å². The van der Waals surface area contributed by atoms with Crippen LogP contribution in [0.2, 0.25) is 0 Å². The van der Waals surface area contributed by atoms with E-state index < -0.39 is 0 Å². The largest absolute Gasteiger partial charge is 0.355 e. The van der Waals surface area contributed by atoms with Crippen LogP contribution in [-0.2, 0) is 0 Å². The third kappa shape index (κ3) is 2.73. The molecule has 1 amide bonds. The Morgan fingerprint density at radius 2 is 2.21 bits per heavy atom. The first-order chi connectivity index (χ1) is 11.7. The van der Waals surface area contributed by atoms with E-state index in [-0.39, 0.29) is 17.8 Å². The summed E-state index contributed by atoms with van der Waals surface area (Å²) >= 11 is 1.53. The zero-order valence-electron chi connectivity index (χ0n) is 12.8. The molecule has 3 heterocycles. The van der Waals surface area contributed by atoms with Crippen LogP contribution in [0.5, 0.6) is 0 Å². The third-order valence-electron chi connectivity index (χ3n) is 4.24. The van der Waals surface area contributed by atoms with Crippen molar-refractivity contribution in [2.24, 2.45) is 0 Å². The van der Waals surface area contributed by atoms with E-state index in [9.17, 15) is 9.18 Å². The Kier molecular flexibility index (Phi) is 3.90. The average Bonchev–Trinajstić information content (AvgIpc) is 3.33. The Morgan fingerprint density at radius 1 is 1.29 bits per heavy atom. The second-order valence-corrected chi connectivity index (χ2v) is 6.71. The highest BCUT2D eigenvalue weighted by Crippen LogP contribution is 2.34. The predicted molar refractivity (Wildman–Crippen MR) is 89.2 cm³/mol. The van der Waals surface area contributed by atoms with E-state index in [0.717, 1.165) is 23.3 Å². The summed E-state index contributed by atoms with van der Waals surface area (Å²) in [5, 5.41) is 5.87. The Morgan fingerprint density at radius 3 is 3.00 bits per heavy atom. The second-order valence-electron chi connectivity index (χ2n) is 5.77. The van der Waals surface area contributed by atoms with Crippen LogP contribution in [0.4, 0.5) is 4.39 Å². The molecule has 4 rings (SSSR count). The third-order valence-corrected chi connectivity index (χ3v) is 5.12. The first-order valence-electron chi connectivity index (χ1n) is 7.79. The first kappa shape index (κ1) is 15.1. The van der Waals surface area contributed by atoms with E-state index in [0.29, 0.717) is 18.0 Å². The van der Waals surface area contributed by atoms with Crippen molar-refractivity contribution in [3.05, 3.63) is 64.9 Å². The van der Waals surface area contributed by atoms with Gasteiger partial charge >= 0.3 is 0 Å². The number of likely N-dealkylation sites (tertiary alicyclic amines) is 1. The minimum atomic E-state index is -0.284. The molecule has 1 aliphatic rings. The molecule has 1 saturated heterocycles. The van der Waals surface area contributed by atoms with Crippen LogP contribution in [-0.4, -0.2) is 22.5 Å². The second kappa shape index (κ2) is 6.20. The lowest BCUT2D eigenvalue weighted by atomic mass is 10.0. The summed E-state index contributed by atoms with van der Waals surface area (Å²) in [6.07, 6.45) is 1.72. The number of carbonyl (C=O) groups is 1. The number of amides is 1. The number of rotatable bonds is 3. The average molecular weight is 342 g/mol. The lowest BCUT2D eigenvalue weighted by molar-refractivity contribution is 0.0725. The number of nitrogens with zero attached hydrogens (tertiary/aromatic N) is 2. The summed E-state index contributed by atoms with van der Waals surface area (Å²) in [5.74, 6) is 0.136. The summed E-state index contributed by atoms with van der Waals surface area (Å²) in [6, 6.07) is 11.8. The number of benzene rings is 1. The van der Waals surface area contributed by atoms with E-state index in [1.54, 1.807) is 17.0 Å². The molecule has 3 aromatic rings. The van der Waals surface area contributed by atoms with Gasteiger partial charge in [0, 0.05) is 12.6 Å². The maximum Gasteiger partial charge on any atom is 0.276 e. The molecule has 1 fully saturated rings. The molecule has 1 unspecified atom stereocenters. The molecule has 1 atom stereocenters. The number of halogens is 1. The van der Waals surface area contributed by atoms with Crippen LogP contribution in [0.1, 0.15) is 34.9 Å². The van der Waals surface area contributed by atoms with E-state index in [1.807, 2.05) is 23.6 Å². The molecule has 1 aromatic carbocycles. The van der Waals surface area contributed by atoms with Gasteiger partial charge in [-0.05, 0) is 42.0 Å². The Balaban J connectivity index is 1.59. The van der Waals surface area contributed by atoms with Gasteiger partial charge in [0.15, 0.2) is 11.5 Å². The van der Waals surface area contributed by atoms with Crippen LogP contribution in [0.25, 0.3) is 10.6 Å². The lowest BCUT2D eigenvalue weighted by Crippen LogP contribution is -2.30. The highest BCUT2D eigenvalue weighted by Gasteiger charge is 2.32. The fraction of sp³-hybridized carbons (Fsp3) is 0.222. The Labute approximate surface area is 142 Å². The molecule has 6 heteroatoms. The quantitative estimate of drug-likeness (QED) is 0.703. The van der Waals surface area contributed by atoms with Crippen molar-refractivity contribution < 1.29 is 13.7 Å². The van der Waals surface area contributed by atoms with Gasteiger partial charge in [0.25, 0.3) is 5.91 Å². The fourth-order valence-corrected chi connectivity index (χ4v) is 3.80. The van der Waals surface area contributed by atoms with Crippen LogP contribution < -0.4 is 0 Å². The molecule has 0 spiro atoms. The van der Waals surface area contributed by atoms with Gasteiger partial charge in [-0.1, -0.05) is 23.4 Å². The molecule has 0 saturated carbocycles. The molecule has 1 aliphatic heterocycles. The van der Waals surface area contributed by atoms with E-state index >= 15 is 0 Å². The molecular weight excluding hydrogens is 327 g/mol. The van der Waals surface area contributed by atoms with Gasteiger partial charge in [0.1, 0.15) is 5.82 Å². The van der Waals surface area contributed by atoms with Gasteiger partial charge < -0.3 is 9.42 Å². The van der Waals surface area contributed by atoms with Crippen molar-refractivity contribution in [3.8, 4) is 10.6 Å². The van der Waals surface area contributed by atoms with Gasteiger partial charge in [-0.15, -0.1) is 11.3 Å². The molecule has 0 aliphatic carbocycles. The zero-order valence-corrected chi connectivity index (χ0v) is 13.6. The molecule has 0 radical (unpaired) electrons. The molecule has 0 bridgehead atoms. The van der Waals surface area contributed by atoms with Crippen LogP contribution in [0.15, 0.2) is 52.4 Å². The van der Waals surface area contributed by atoms with Gasteiger partial charge in [0.05, 0.1) is 10.9 Å². The Hall–Kier alpha value is -2.47. The predicted octanol–water partition coefficient (Wildman–Crippen LogP) is 4.52. The van der Waals surface area contributed by atoms with Gasteiger partial charge in [0.2, 0.25) is 0 Å². The number of thiophene rings is 1. The number of aromatic nitrogens is 1. The van der Waals surface area contributed by atoms with Crippen molar-refractivity contribution >= 4 is 17.2 Å². The zero-order chi connectivity index (χ0) is 16.5. The minimum Gasteiger partial charge on any atom is -0.355 e. The van der Waals surface area contributed by atoms with Crippen molar-refractivity contribution in [1.29, 1.82) is 0 Å². The highest BCUT2D eigenvalue weighted by molar-refractivity contribution is 7.13. The van der Waals surface area contributed by atoms with E-state index in [1.165, 1.54) is 23.5 Å². The van der Waals surface area contributed by atoms with Crippen LogP contribution in [0, 0.1) is 5.82 Å². The number of carbonyl (C=O) groups excluding carboxylic acids is 1. The maximum atomic E-state index is 13.5. The van der Waals surface area contributed by atoms with E-state index in [2.05, 4.69) is 5.16 Å². The summed E-state index contributed by atoms with van der Waals surface area (Å²) in [7, 11) is 0. The monoisotopic (exact) mass is 342 g/mol. The molecule has 24 heavy (non-hydrogen) atoms. The van der Waals surface area contributed by atoms with Crippen LogP contribution in [0.3, 0.4) is 0 Å². The van der Waals surface area contributed by atoms with Gasteiger partial charge in [-0.3, -0.25) is 4.79 Å². The smallest absolute Gasteiger partial charge is 0.276 e. The van der Waals surface area contributed by atoms with Crippen molar-refractivity contribution in [1.82, 2.24) is 10.1 Å². The molecular formula is C18H15FN2O2S. The SMILES string of the molecule is O=C(c1cc(-c2cccs2)on1)N1CCCC1c1cccc(F)c1. The lowest BCUT2D eigenvalue weighted by Gasteiger charge is -2.24. The highest BCUT2D eigenvalue weighted by atomic mass is 32.1. The summed E-state index contributed by atoms with van der Waals surface area (Å²) in [5.41, 5.74) is 1.12. The molecule has 4 nitrogen and oxygen atoms in total. The number of hydrogen-bond acceptors (Lipinski definition) is 4. The molecule has 0 N–H and O–H groups in total. The standard InChI is InChI=1S/C18H15FN2O2S/c19-13-5-1-4-12(10-13)15-6-2-8-21(15)18(22)14-11-16(23-20-14)17-7-3-9-24-17/h1,3-5,7,9-11,15H,2,6,8H2. The molecule has 122 valence electrons. The van der Waals surface area contributed by atoms with E-state index in [4.69, 9.17) is 4.52 Å². The topological polar surface area (TPSA) is 46.3 Å². The summed E-state index contributed by atoms with van der Waals surface area (Å²) < 4.78 is 18.8. The summed E-state index contributed by atoms with van der Waals surface area (Å²) in [4.78, 5) is 15.5. The Bertz CT molecular complexity index is 860. The molecule has 2 aromatic heterocycles. The van der Waals surface area contributed by atoms with Crippen molar-refractivity contribution in [2.45, 2.75) is 18.9 Å². The number of hydrogen-bond donors (Lipinski definition) is 0. The first-order valence-corrected chi connectivity index (χ1v) is 8.67. The van der Waals surface area contributed by atoms with Crippen LogP contribution >= 0.6 is 11.3 Å². The van der Waals surface area contributed by atoms with Gasteiger partial charge in [-0.25, -0.2) is 4.39 Å². The van der Waals surface area contributed by atoms with Crippen molar-refractivity contribution in [3.63, 3.8) is 0 Å².